The largest absolute Gasteiger partial charge is 0.379 e. The van der Waals surface area contributed by atoms with Gasteiger partial charge in [0.25, 0.3) is 5.69 Å². The molecule has 0 aliphatic carbocycles. The molecular formula is C13H8Br2ClFN2O2. The molecule has 0 spiro atoms. The van der Waals surface area contributed by atoms with Gasteiger partial charge in [0.15, 0.2) is 0 Å². The molecule has 0 saturated heterocycles. The molecule has 0 saturated carbocycles. The van der Waals surface area contributed by atoms with Crippen LogP contribution in [-0.4, -0.2) is 4.92 Å². The molecule has 21 heavy (non-hydrogen) atoms. The van der Waals surface area contributed by atoms with Crippen molar-refractivity contribution in [1.82, 2.24) is 0 Å². The zero-order chi connectivity index (χ0) is 15.6. The number of benzene rings is 2. The minimum Gasteiger partial charge on any atom is -0.379 e. The van der Waals surface area contributed by atoms with Crippen molar-refractivity contribution in [3.8, 4) is 0 Å². The second kappa shape index (κ2) is 6.72. The topological polar surface area (TPSA) is 55.2 Å². The van der Waals surface area contributed by atoms with Gasteiger partial charge < -0.3 is 5.32 Å². The first-order valence-electron chi connectivity index (χ1n) is 5.69. The van der Waals surface area contributed by atoms with Gasteiger partial charge in [-0.1, -0.05) is 27.5 Å². The summed E-state index contributed by atoms with van der Waals surface area (Å²) in [6, 6.07) is 7.00. The fraction of sp³-hybridized carbons (Fsp3) is 0.0769. The first-order valence-corrected chi connectivity index (χ1v) is 7.66. The first kappa shape index (κ1) is 16.2. The van der Waals surface area contributed by atoms with Crippen LogP contribution in [-0.2, 0) is 6.54 Å². The highest BCUT2D eigenvalue weighted by Gasteiger charge is 2.11. The predicted molar refractivity (Wildman–Crippen MR) is 87.2 cm³/mol. The maximum absolute atomic E-state index is 13.1. The molecule has 0 aromatic heterocycles. The molecule has 2 aromatic rings. The average molecular weight is 438 g/mol. The predicted octanol–water partition coefficient (Wildman–Crippen LogP) is 5.52. The van der Waals surface area contributed by atoms with Crippen molar-refractivity contribution in [2.75, 3.05) is 5.32 Å². The van der Waals surface area contributed by atoms with E-state index >= 15 is 0 Å². The second-order valence-electron chi connectivity index (χ2n) is 4.13. The fourth-order valence-electron chi connectivity index (χ4n) is 1.69. The molecular weight excluding hydrogens is 430 g/mol. The lowest BCUT2D eigenvalue weighted by Gasteiger charge is -2.12. The fourth-order valence-corrected chi connectivity index (χ4v) is 3.15. The average Bonchev–Trinajstić information content (AvgIpc) is 2.38. The van der Waals surface area contributed by atoms with Crippen LogP contribution in [0.1, 0.15) is 5.56 Å². The normalized spacial score (nSPS) is 10.5. The summed E-state index contributed by atoms with van der Waals surface area (Å²) in [5.74, 6) is -0.436. The highest BCUT2D eigenvalue weighted by molar-refractivity contribution is 9.11. The molecule has 0 unspecified atom stereocenters. The van der Waals surface area contributed by atoms with E-state index in [1.54, 1.807) is 6.07 Å². The molecule has 8 heteroatoms. The van der Waals surface area contributed by atoms with Gasteiger partial charge in [-0.05, 0) is 39.7 Å². The Morgan fingerprint density at radius 2 is 1.95 bits per heavy atom. The summed E-state index contributed by atoms with van der Waals surface area (Å²) in [4.78, 5) is 10.2. The van der Waals surface area contributed by atoms with E-state index in [0.29, 0.717) is 21.2 Å². The Hall–Kier alpha value is -1.18. The Balaban J connectivity index is 2.19. The SMILES string of the molecule is O=[N+]([O-])c1ccc(CNc2c(Cl)cc(F)cc2Br)c(Br)c1. The van der Waals surface area contributed by atoms with Crippen LogP contribution in [0.25, 0.3) is 0 Å². The molecule has 0 bridgehead atoms. The third-order valence-corrected chi connectivity index (χ3v) is 4.37. The Kier molecular flexibility index (Phi) is 5.18. The van der Waals surface area contributed by atoms with Crippen LogP contribution < -0.4 is 5.32 Å². The molecule has 0 amide bonds. The number of halogens is 4. The molecule has 0 fully saturated rings. The van der Waals surface area contributed by atoms with Gasteiger partial charge in [-0.2, -0.15) is 0 Å². The van der Waals surface area contributed by atoms with Gasteiger partial charge in [-0.25, -0.2) is 4.39 Å². The summed E-state index contributed by atoms with van der Waals surface area (Å²) < 4.78 is 14.3. The number of hydrogen-bond acceptors (Lipinski definition) is 3. The molecule has 110 valence electrons. The summed E-state index contributed by atoms with van der Waals surface area (Å²) >= 11 is 12.5. The molecule has 2 aromatic carbocycles. The van der Waals surface area contributed by atoms with E-state index in [4.69, 9.17) is 11.6 Å². The van der Waals surface area contributed by atoms with Gasteiger partial charge in [-0.15, -0.1) is 0 Å². The van der Waals surface area contributed by atoms with E-state index in [1.165, 1.54) is 24.3 Å². The minimum absolute atomic E-state index is 0.00613. The highest BCUT2D eigenvalue weighted by atomic mass is 79.9. The Morgan fingerprint density at radius 1 is 1.24 bits per heavy atom. The Labute approximate surface area is 141 Å². The number of anilines is 1. The van der Waals surface area contributed by atoms with Crippen LogP contribution in [0.2, 0.25) is 5.02 Å². The quantitative estimate of drug-likeness (QED) is 0.505. The third kappa shape index (κ3) is 3.93. The molecule has 0 aliphatic heterocycles. The van der Waals surface area contributed by atoms with Gasteiger partial charge in [-0.3, -0.25) is 10.1 Å². The lowest BCUT2D eigenvalue weighted by molar-refractivity contribution is -0.384. The number of hydrogen-bond donors (Lipinski definition) is 1. The molecule has 0 heterocycles. The van der Waals surface area contributed by atoms with E-state index < -0.39 is 10.7 Å². The van der Waals surface area contributed by atoms with E-state index in [1.807, 2.05) is 0 Å². The molecule has 0 radical (unpaired) electrons. The Bertz CT molecular complexity index is 690. The zero-order valence-electron chi connectivity index (χ0n) is 10.4. The maximum Gasteiger partial charge on any atom is 0.270 e. The van der Waals surface area contributed by atoms with Crippen molar-refractivity contribution >= 4 is 54.8 Å². The Morgan fingerprint density at radius 3 is 2.52 bits per heavy atom. The second-order valence-corrected chi connectivity index (χ2v) is 6.25. The van der Waals surface area contributed by atoms with Crippen LogP contribution in [0.4, 0.5) is 15.8 Å². The van der Waals surface area contributed by atoms with E-state index in [2.05, 4.69) is 37.2 Å². The zero-order valence-corrected chi connectivity index (χ0v) is 14.3. The summed E-state index contributed by atoms with van der Waals surface area (Å²) in [6.07, 6.45) is 0. The highest BCUT2D eigenvalue weighted by Crippen LogP contribution is 2.32. The standard InChI is InChI=1S/C13H8Br2ClFN2O2/c14-10-5-9(19(20)21)2-1-7(10)6-18-13-11(15)3-8(17)4-12(13)16/h1-5,18H,6H2. The van der Waals surface area contributed by atoms with Crippen molar-refractivity contribution in [2.24, 2.45) is 0 Å². The van der Waals surface area contributed by atoms with Crippen LogP contribution in [0.3, 0.4) is 0 Å². The molecule has 0 aliphatic rings. The van der Waals surface area contributed by atoms with Crippen LogP contribution in [0, 0.1) is 15.9 Å². The molecule has 2 rings (SSSR count). The van der Waals surface area contributed by atoms with Gasteiger partial charge >= 0.3 is 0 Å². The lowest BCUT2D eigenvalue weighted by Crippen LogP contribution is -2.02. The van der Waals surface area contributed by atoms with Crippen LogP contribution in [0.5, 0.6) is 0 Å². The van der Waals surface area contributed by atoms with Crippen molar-refractivity contribution in [1.29, 1.82) is 0 Å². The number of nitro groups is 1. The summed E-state index contributed by atoms with van der Waals surface area (Å²) in [5.41, 5.74) is 1.38. The van der Waals surface area contributed by atoms with Crippen molar-refractivity contribution in [3.05, 3.63) is 65.8 Å². The number of nitrogens with zero attached hydrogens (tertiary/aromatic N) is 1. The van der Waals surface area contributed by atoms with Gasteiger partial charge in [0.05, 0.1) is 15.6 Å². The smallest absolute Gasteiger partial charge is 0.270 e. The summed E-state index contributed by atoms with van der Waals surface area (Å²) in [7, 11) is 0. The number of nitro benzene ring substituents is 1. The summed E-state index contributed by atoms with van der Waals surface area (Å²) in [5, 5.41) is 14.0. The van der Waals surface area contributed by atoms with Crippen LogP contribution in [0.15, 0.2) is 39.3 Å². The van der Waals surface area contributed by atoms with E-state index in [0.717, 1.165) is 5.56 Å². The lowest BCUT2D eigenvalue weighted by atomic mass is 10.2. The summed E-state index contributed by atoms with van der Waals surface area (Å²) in [6.45, 7) is 0.378. The third-order valence-electron chi connectivity index (χ3n) is 2.71. The minimum atomic E-state index is -0.463. The first-order chi connectivity index (χ1) is 9.88. The van der Waals surface area contributed by atoms with Crippen molar-refractivity contribution in [3.63, 3.8) is 0 Å². The molecule has 0 atom stereocenters. The van der Waals surface area contributed by atoms with E-state index in [9.17, 15) is 14.5 Å². The van der Waals surface area contributed by atoms with Crippen molar-refractivity contribution < 1.29 is 9.31 Å². The monoisotopic (exact) mass is 436 g/mol. The number of nitrogens with one attached hydrogen (secondary N) is 1. The van der Waals surface area contributed by atoms with Gasteiger partial charge in [0.1, 0.15) is 5.82 Å². The van der Waals surface area contributed by atoms with Crippen LogP contribution >= 0.6 is 43.5 Å². The van der Waals surface area contributed by atoms with Crippen molar-refractivity contribution in [2.45, 2.75) is 6.54 Å². The van der Waals surface area contributed by atoms with Gasteiger partial charge in [0.2, 0.25) is 0 Å². The molecule has 1 N–H and O–H groups in total. The maximum atomic E-state index is 13.1. The number of rotatable bonds is 4. The van der Waals surface area contributed by atoms with E-state index in [-0.39, 0.29) is 10.7 Å². The molecule has 4 nitrogen and oxygen atoms in total. The van der Waals surface area contributed by atoms with Gasteiger partial charge in [0, 0.05) is 27.6 Å². The number of non-ortho nitro benzene ring substituents is 1.